The fraction of sp³-hybridized carbons (Fsp3) is 0.870. The highest BCUT2D eigenvalue weighted by Gasteiger charge is 2.49. The summed E-state index contributed by atoms with van der Waals surface area (Å²) in [6.07, 6.45) is -3.13. The van der Waals surface area contributed by atoms with Crippen molar-refractivity contribution in [3.8, 4) is 0 Å². The van der Waals surface area contributed by atoms with E-state index in [2.05, 4.69) is 13.8 Å². The molecule has 2 heterocycles. The largest absolute Gasteiger partial charge is 0.463 e. The number of alkyl halides is 3. The standard InChI is InChI=1S/C23H36Cl3NO8/c1-10-11(2)17(8-30-15(6)28)32-20(13(10)4)34-19-12(3)14(5)21(35-22(27)23(24,25)26)33-18(19)9-31-16(7)29/h10-14,17-21,27H,8-9H2,1-7H3/t10-,11+,12+,13?,14?,17?,18?,19+,20-,21-/m0/s1. The summed E-state index contributed by atoms with van der Waals surface area (Å²) in [5.74, 6) is -1.47. The summed E-state index contributed by atoms with van der Waals surface area (Å²) in [6.45, 7) is 12.7. The van der Waals surface area contributed by atoms with E-state index >= 15 is 0 Å². The molecule has 0 radical (unpaired) electrons. The number of nitrogens with one attached hydrogen (secondary N) is 1. The van der Waals surface area contributed by atoms with Crippen LogP contribution in [-0.4, -0.2) is 65.7 Å². The van der Waals surface area contributed by atoms with E-state index in [0.29, 0.717) is 0 Å². The maximum absolute atomic E-state index is 11.5. The second-order valence-electron chi connectivity index (χ2n) is 9.53. The summed E-state index contributed by atoms with van der Waals surface area (Å²) in [5.41, 5.74) is 0. The number of hydrogen-bond donors (Lipinski definition) is 1. The molecule has 0 aromatic rings. The van der Waals surface area contributed by atoms with Crippen molar-refractivity contribution in [2.45, 2.75) is 83.2 Å². The molecule has 0 bridgehead atoms. The number of carbonyl (C=O) groups is 2. The smallest absolute Gasteiger partial charge is 0.302 e. The van der Waals surface area contributed by atoms with E-state index in [0.717, 1.165) is 0 Å². The van der Waals surface area contributed by atoms with Crippen molar-refractivity contribution in [1.29, 1.82) is 5.41 Å². The molecular formula is C23H36Cl3NO8. The molecule has 0 aliphatic carbocycles. The third kappa shape index (κ3) is 8.07. The molecule has 0 spiro atoms. The SMILES string of the molecule is CC(=O)OCC1O[C@@H](O[C@H]2C(COC(C)=O)O[C@@H](OC(=N)C(Cl)(Cl)Cl)C(C)[C@H]2C)C(C)[C@@H](C)[C@H]1C. The van der Waals surface area contributed by atoms with E-state index < -0.39 is 40.4 Å². The van der Waals surface area contributed by atoms with Gasteiger partial charge in [-0.05, 0) is 17.8 Å². The molecule has 2 aliphatic rings. The maximum Gasteiger partial charge on any atom is 0.302 e. The molecule has 4 unspecified atom stereocenters. The molecule has 2 rings (SSSR count). The molecule has 0 amide bonds. The van der Waals surface area contributed by atoms with Crippen LogP contribution in [0.25, 0.3) is 0 Å². The molecule has 0 aromatic heterocycles. The molecule has 12 heteroatoms. The van der Waals surface area contributed by atoms with Gasteiger partial charge >= 0.3 is 11.9 Å². The Morgan fingerprint density at radius 2 is 1.26 bits per heavy atom. The minimum Gasteiger partial charge on any atom is -0.463 e. The molecule has 10 atom stereocenters. The number of rotatable bonds is 7. The van der Waals surface area contributed by atoms with Crippen molar-refractivity contribution in [2.24, 2.45) is 29.6 Å². The first kappa shape index (κ1) is 30.4. The van der Waals surface area contributed by atoms with Gasteiger partial charge in [-0.1, -0.05) is 69.4 Å². The molecule has 2 fully saturated rings. The van der Waals surface area contributed by atoms with Crippen LogP contribution in [0.15, 0.2) is 0 Å². The molecule has 9 nitrogen and oxygen atoms in total. The Hall–Kier alpha value is -0.840. The highest BCUT2D eigenvalue weighted by molar-refractivity contribution is 6.76. The monoisotopic (exact) mass is 559 g/mol. The Kier molecular flexibility index (Phi) is 10.9. The van der Waals surface area contributed by atoms with Crippen LogP contribution >= 0.6 is 34.8 Å². The number of halogens is 3. The first-order valence-electron chi connectivity index (χ1n) is 11.7. The first-order valence-corrected chi connectivity index (χ1v) is 12.8. The van der Waals surface area contributed by atoms with Gasteiger partial charge in [0.05, 0.1) is 12.2 Å². The van der Waals surface area contributed by atoms with Gasteiger partial charge in [-0.15, -0.1) is 0 Å². The average molecular weight is 561 g/mol. The lowest BCUT2D eigenvalue weighted by Gasteiger charge is -2.48. The van der Waals surface area contributed by atoms with E-state index in [1.54, 1.807) is 0 Å². The fourth-order valence-corrected chi connectivity index (χ4v) is 4.44. The second-order valence-corrected chi connectivity index (χ2v) is 11.8. The van der Waals surface area contributed by atoms with Crippen LogP contribution in [-0.2, 0) is 38.0 Å². The Labute approximate surface area is 221 Å². The van der Waals surface area contributed by atoms with Gasteiger partial charge in [-0.2, -0.15) is 0 Å². The third-order valence-corrected chi connectivity index (χ3v) is 7.63. The summed E-state index contributed by atoms with van der Waals surface area (Å²) in [4.78, 5) is 22.9. The van der Waals surface area contributed by atoms with E-state index in [1.807, 2.05) is 20.8 Å². The van der Waals surface area contributed by atoms with Crippen molar-refractivity contribution in [3.05, 3.63) is 0 Å². The zero-order valence-electron chi connectivity index (χ0n) is 21.1. The molecule has 0 saturated carbocycles. The van der Waals surface area contributed by atoms with Crippen LogP contribution in [0.4, 0.5) is 0 Å². The third-order valence-electron chi connectivity index (χ3n) is 7.12. The molecule has 35 heavy (non-hydrogen) atoms. The molecule has 2 aliphatic heterocycles. The summed E-state index contributed by atoms with van der Waals surface area (Å²) in [7, 11) is 0. The van der Waals surface area contributed by atoms with E-state index in [-0.39, 0.29) is 54.9 Å². The van der Waals surface area contributed by atoms with Crippen molar-refractivity contribution in [3.63, 3.8) is 0 Å². The highest BCUT2D eigenvalue weighted by atomic mass is 35.6. The van der Waals surface area contributed by atoms with Gasteiger partial charge in [0.2, 0.25) is 12.2 Å². The second kappa shape index (κ2) is 12.6. The Morgan fingerprint density at radius 1 is 0.771 bits per heavy atom. The van der Waals surface area contributed by atoms with Gasteiger partial charge in [-0.25, -0.2) is 0 Å². The Bertz CT molecular complexity index is 764. The van der Waals surface area contributed by atoms with Gasteiger partial charge in [0.1, 0.15) is 19.3 Å². The number of ether oxygens (including phenoxy) is 6. The molecule has 0 aromatic carbocycles. The van der Waals surface area contributed by atoms with Crippen LogP contribution < -0.4 is 0 Å². The van der Waals surface area contributed by atoms with Gasteiger partial charge in [0.25, 0.3) is 3.79 Å². The molecule has 1 N–H and O–H groups in total. The lowest BCUT2D eigenvalue weighted by atomic mass is 9.78. The van der Waals surface area contributed by atoms with Crippen LogP contribution in [0.2, 0.25) is 0 Å². The lowest BCUT2D eigenvalue weighted by molar-refractivity contribution is -0.320. The molecule has 2 saturated heterocycles. The summed E-state index contributed by atoms with van der Waals surface area (Å²) in [5, 5.41) is 7.91. The van der Waals surface area contributed by atoms with E-state index in [4.69, 9.17) is 68.6 Å². The zero-order chi connectivity index (χ0) is 26.7. The minimum atomic E-state index is -2.04. The Morgan fingerprint density at radius 3 is 1.77 bits per heavy atom. The van der Waals surface area contributed by atoms with Crippen LogP contribution in [0.3, 0.4) is 0 Å². The number of esters is 2. The van der Waals surface area contributed by atoms with Gasteiger partial charge in [0.15, 0.2) is 6.29 Å². The summed E-state index contributed by atoms with van der Waals surface area (Å²) >= 11 is 17.3. The minimum absolute atomic E-state index is 0.0296. The summed E-state index contributed by atoms with van der Waals surface area (Å²) in [6, 6.07) is 0. The van der Waals surface area contributed by atoms with Crippen molar-refractivity contribution in [1.82, 2.24) is 0 Å². The van der Waals surface area contributed by atoms with Gasteiger partial charge in [-0.3, -0.25) is 15.0 Å². The quantitative estimate of drug-likeness (QED) is 0.210. The van der Waals surface area contributed by atoms with Gasteiger partial charge in [0, 0.05) is 25.7 Å². The predicted octanol–water partition coefficient (Wildman–Crippen LogP) is 4.49. The highest BCUT2D eigenvalue weighted by Crippen LogP contribution is 2.40. The topological polar surface area (TPSA) is 113 Å². The molecular weight excluding hydrogens is 525 g/mol. The van der Waals surface area contributed by atoms with Crippen molar-refractivity contribution < 1.29 is 38.0 Å². The predicted molar refractivity (Wildman–Crippen MR) is 130 cm³/mol. The zero-order valence-corrected chi connectivity index (χ0v) is 23.4. The maximum atomic E-state index is 11.5. The molecule has 202 valence electrons. The van der Waals surface area contributed by atoms with Crippen molar-refractivity contribution >= 4 is 52.6 Å². The number of carbonyl (C=O) groups excluding carboxylic acids is 2. The average Bonchev–Trinajstić information content (AvgIpc) is 2.75. The first-order chi connectivity index (χ1) is 16.1. The lowest BCUT2D eigenvalue weighted by Crippen LogP contribution is -2.57. The normalized spacial score (nSPS) is 37.9. The fourth-order valence-electron chi connectivity index (χ4n) is 4.31. The number of hydrogen-bond acceptors (Lipinski definition) is 9. The Balaban J connectivity index is 2.22. The van der Waals surface area contributed by atoms with Crippen molar-refractivity contribution in [2.75, 3.05) is 13.2 Å². The van der Waals surface area contributed by atoms with Crippen LogP contribution in [0.5, 0.6) is 0 Å². The van der Waals surface area contributed by atoms with Crippen LogP contribution in [0, 0.1) is 35.0 Å². The van der Waals surface area contributed by atoms with Gasteiger partial charge < -0.3 is 28.4 Å². The van der Waals surface area contributed by atoms with E-state index in [1.165, 1.54) is 13.8 Å². The van der Waals surface area contributed by atoms with E-state index in [9.17, 15) is 9.59 Å². The van der Waals surface area contributed by atoms with Crippen LogP contribution in [0.1, 0.15) is 48.5 Å². The summed E-state index contributed by atoms with van der Waals surface area (Å²) < 4.78 is 32.7.